The zero-order valence-electron chi connectivity index (χ0n) is 18.2. The fourth-order valence-corrected chi connectivity index (χ4v) is 5.59. The van der Waals surface area contributed by atoms with E-state index in [1.807, 2.05) is 4.57 Å². The van der Waals surface area contributed by atoms with Crippen molar-refractivity contribution >= 4 is 27.8 Å². The molecule has 1 saturated carbocycles. The van der Waals surface area contributed by atoms with E-state index in [1.165, 1.54) is 12.3 Å². The smallest absolute Gasteiger partial charge is 0.306 e. The lowest BCUT2D eigenvalue weighted by molar-refractivity contribution is -0.145. The van der Waals surface area contributed by atoms with Crippen molar-refractivity contribution in [3.63, 3.8) is 0 Å². The molecule has 1 aliphatic heterocycles. The average Bonchev–Trinajstić information content (AvgIpc) is 3.39. The maximum Gasteiger partial charge on any atom is 0.306 e. The Morgan fingerprint density at radius 2 is 1.85 bits per heavy atom. The van der Waals surface area contributed by atoms with E-state index in [1.54, 1.807) is 6.07 Å². The van der Waals surface area contributed by atoms with Crippen LogP contribution in [0.2, 0.25) is 0 Å². The van der Waals surface area contributed by atoms with Gasteiger partial charge in [-0.25, -0.2) is 13.2 Å². The number of aromatic nitrogens is 3. The summed E-state index contributed by atoms with van der Waals surface area (Å²) in [5.41, 5.74) is 2.79. The van der Waals surface area contributed by atoms with Gasteiger partial charge in [0.25, 0.3) is 0 Å². The SMILES string of the molecule is O=C(O)[C@H]1C[C@H](c2c(C3CCOCC3)n(-c3ccc(F)c(F)c3)c3cc4cn[nH]c4c(F)c32)C1. The van der Waals surface area contributed by atoms with Crippen molar-refractivity contribution in [2.45, 2.75) is 37.5 Å². The molecule has 34 heavy (non-hydrogen) atoms. The van der Waals surface area contributed by atoms with Crippen molar-refractivity contribution < 1.29 is 27.8 Å². The highest BCUT2D eigenvalue weighted by atomic mass is 19.2. The second kappa shape index (κ2) is 7.87. The van der Waals surface area contributed by atoms with Gasteiger partial charge in [0.2, 0.25) is 0 Å². The van der Waals surface area contributed by atoms with Crippen molar-refractivity contribution in [1.29, 1.82) is 0 Å². The monoisotopic (exact) mass is 469 g/mol. The maximum atomic E-state index is 16.0. The molecule has 4 aromatic rings. The number of nitrogens with zero attached hydrogens (tertiary/aromatic N) is 2. The van der Waals surface area contributed by atoms with Gasteiger partial charge >= 0.3 is 5.97 Å². The van der Waals surface area contributed by atoms with Crippen LogP contribution in [0.5, 0.6) is 0 Å². The number of H-pyrrole nitrogens is 1. The Morgan fingerprint density at radius 1 is 1.09 bits per heavy atom. The molecule has 0 atom stereocenters. The number of hydrogen-bond acceptors (Lipinski definition) is 3. The molecule has 6 rings (SSSR count). The predicted octanol–water partition coefficient (Wildman–Crippen LogP) is 5.40. The Morgan fingerprint density at radius 3 is 2.56 bits per heavy atom. The Kier molecular flexibility index (Phi) is 4.91. The van der Waals surface area contributed by atoms with Crippen LogP contribution in [0.25, 0.3) is 27.5 Å². The van der Waals surface area contributed by atoms with Gasteiger partial charge in [-0.2, -0.15) is 5.10 Å². The van der Waals surface area contributed by atoms with Gasteiger partial charge in [-0.15, -0.1) is 0 Å². The van der Waals surface area contributed by atoms with Crippen LogP contribution in [0.15, 0.2) is 30.5 Å². The lowest BCUT2D eigenvalue weighted by atomic mass is 9.69. The molecule has 2 N–H and O–H groups in total. The van der Waals surface area contributed by atoms with Gasteiger partial charge < -0.3 is 14.4 Å². The minimum absolute atomic E-state index is 0.00371. The van der Waals surface area contributed by atoms with Crippen molar-refractivity contribution in [1.82, 2.24) is 14.8 Å². The molecular formula is C25H22F3N3O3. The van der Waals surface area contributed by atoms with Crippen LogP contribution in [-0.4, -0.2) is 39.1 Å². The first-order chi connectivity index (χ1) is 16.4. The Hall–Kier alpha value is -3.33. The van der Waals surface area contributed by atoms with E-state index in [9.17, 15) is 18.7 Å². The molecule has 2 aromatic carbocycles. The van der Waals surface area contributed by atoms with Crippen LogP contribution in [0, 0.1) is 23.4 Å². The topological polar surface area (TPSA) is 80.1 Å². The number of carboxylic acid groups (broad SMARTS) is 1. The van der Waals surface area contributed by atoms with Crippen molar-refractivity contribution in [2.75, 3.05) is 13.2 Å². The molecule has 0 radical (unpaired) electrons. The van der Waals surface area contributed by atoms with Gasteiger partial charge in [-0.05, 0) is 55.4 Å². The number of carboxylic acids is 1. The fraction of sp³-hybridized carbons (Fsp3) is 0.360. The molecule has 9 heteroatoms. The lowest BCUT2D eigenvalue weighted by Gasteiger charge is -2.35. The summed E-state index contributed by atoms with van der Waals surface area (Å²) >= 11 is 0. The standard InChI is InChI=1S/C25H22F3N3O3/c26-17-2-1-16(10-18(17)27)31-19-9-15-11-29-30-23(15)22(28)21(19)20(13-7-14(8-13)25(32)33)24(31)12-3-5-34-6-4-12/h1-2,9-14H,3-8H2,(H,29,30)(H,32,33)/t13-,14-. The van der Waals surface area contributed by atoms with E-state index in [4.69, 9.17) is 4.74 Å². The molecule has 0 bridgehead atoms. The molecule has 1 saturated heterocycles. The minimum atomic E-state index is -0.988. The van der Waals surface area contributed by atoms with E-state index in [-0.39, 0.29) is 17.4 Å². The summed E-state index contributed by atoms with van der Waals surface area (Å²) in [6.45, 7) is 1.08. The summed E-state index contributed by atoms with van der Waals surface area (Å²) in [5, 5.41) is 17.1. The summed E-state index contributed by atoms with van der Waals surface area (Å²) in [6.07, 6.45) is 3.73. The number of benzene rings is 2. The highest BCUT2D eigenvalue weighted by Gasteiger charge is 2.41. The van der Waals surface area contributed by atoms with E-state index in [0.717, 1.165) is 23.4 Å². The zero-order valence-corrected chi connectivity index (χ0v) is 18.2. The molecule has 2 fully saturated rings. The molecular weight excluding hydrogens is 447 g/mol. The number of rotatable bonds is 4. The van der Waals surface area contributed by atoms with Gasteiger partial charge in [-0.1, -0.05) is 0 Å². The van der Waals surface area contributed by atoms with Crippen molar-refractivity contribution in [2.24, 2.45) is 5.92 Å². The summed E-state index contributed by atoms with van der Waals surface area (Å²) in [6, 6.07) is 5.49. The highest BCUT2D eigenvalue weighted by Crippen LogP contribution is 2.51. The molecule has 0 amide bonds. The van der Waals surface area contributed by atoms with Crippen molar-refractivity contribution in [3.8, 4) is 5.69 Å². The number of ether oxygens (including phenoxy) is 1. The number of carbonyl (C=O) groups is 1. The van der Waals surface area contributed by atoms with E-state index >= 15 is 4.39 Å². The van der Waals surface area contributed by atoms with Crippen molar-refractivity contribution in [3.05, 3.63) is 59.2 Å². The summed E-state index contributed by atoms with van der Waals surface area (Å²) < 4.78 is 51.5. The van der Waals surface area contributed by atoms with E-state index in [2.05, 4.69) is 10.2 Å². The van der Waals surface area contributed by atoms with Crippen LogP contribution in [0.1, 0.15) is 48.8 Å². The highest BCUT2D eigenvalue weighted by molar-refractivity contribution is 6.00. The molecule has 3 heterocycles. The maximum absolute atomic E-state index is 16.0. The number of aromatic amines is 1. The normalized spacial score (nSPS) is 21.3. The fourth-order valence-electron chi connectivity index (χ4n) is 5.59. The molecule has 0 spiro atoms. The molecule has 176 valence electrons. The number of fused-ring (bicyclic) bond motifs is 2. The first kappa shape index (κ1) is 21.2. The number of hydrogen-bond donors (Lipinski definition) is 2. The van der Waals surface area contributed by atoms with Gasteiger partial charge in [-0.3, -0.25) is 9.89 Å². The van der Waals surface area contributed by atoms with E-state index < -0.39 is 29.3 Å². The molecule has 1 aliphatic carbocycles. The van der Waals surface area contributed by atoms with Gasteiger partial charge in [0.1, 0.15) is 5.52 Å². The Bertz CT molecular complexity index is 1430. The average molecular weight is 469 g/mol. The summed E-state index contributed by atoms with van der Waals surface area (Å²) in [7, 11) is 0. The zero-order chi connectivity index (χ0) is 23.6. The van der Waals surface area contributed by atoms with Crippen LogP contribution in [0.3, 0.4) is 0 Å². The van der Waals surface area contributed by atoms with E-state index in [0.29, 0.717) is 60.9 Å². The van der Waals surface area contributed by atoms with Gasteiger partial charge in [0.05, 0.1) is 17.6 Å². The van der Waals surface area contributed by atoms with Crippen LogP contribution >= 0.6 is 0 Å². The Labute approximate surface area is 192 Å². The largest absolute Gasteiger partial charge is 0.481 e. The second-order valence-corrected chi connectivity index (χ2v) is 9.24. The first-order valence-corrected chi connectivity index (χ1v) is 11.4. The lowest BCUT2D eigenvalue weighted by Crippen LogP contribution is -2.30. The van der Waals surface area contributed by atoms with Gasteiger partial charge in [0.15, 0.2) is 17.5 Å². The molecule has 6 nitrogen and oxygen atoms in total. The first-order valence-electron chi connectivity index (χ1n) is 11.4. The quantitative estimate of drug-likeness (QED) is 0.420. The summed E-state index contributed by atoms with van der Waals surface area (Å²) in [4.78, 5) is 11.5. The van der Waals surface area contributed by atoms with Gasteiger partial charge in [0, 0.05) is 47.4 Å². The number of nitrogens with one attached hydrogen (secondary N) is 1. The second-order valence-electron chi connectivity index (χ2n) is 9.24. The molecule has 2 aliphatic rings. The van der Waals surface area contributed by atoms with Crippen LogP contribution in [-0.2, 0) is 9.53 Å². The Balaban J connectivity index is 1.69. The summed E-state index contributed by atoms with van der Waals surface area (Å²) in [5.74, 6) is -3.89. The predicted molar refractivity (Wildman–Crippen MR) is 119 cm³/mol. The van der Waals surface area contributed by atoms with Crippen LogP contribution < -0.4 is 0 Å². The number of aliphatic carboxylic acids is 1. The molecule has 2 aromatic heterocycles. The third kappa shape index (κ3) is 3.14. The number of halogens is 3. The molecule has 0 unspecified atom stereocenters. The van der Waals surface area contributed by atoms with Crippen LogP contribution in [0.4, 0.5) is 13.2 Å². The third-order valence-electron chi connectivity index (χ3n) is 7.35. The minimum Gasteiger partial charge on any atom is -0.481 e. The third-order valence-corrected chi connectivity index (χ3v) is 7.35.